The third-order valence-electron chi connectivity index (χ3n) is 3.28. The molecule has 0 aliphatic rings. The van der Waals surface area contributed by atoms with Gasteiger partial charge in [-0.25, -0.2) is 10.3 Å². The van der Waals surface area contributed by atoms with E-state index in [-0.39, 0.29) is 12.4 Å². The topological polar surface area (TPSA) is 102 Å². The monoisotopic (exact) mass is 341 g/mol. The standard InChI is InChI=1S/C17H27NO6/c1-4-14(12-11-13(2)17(21)23-3)24-16(20)10-8-6-5-7-9-15(19)18-22/h11-12,22H,4-10H2,1-3H3,(H,18,19). The van der Waals surface area contributed by atoms with Gasteiger partial charge in [-0.2, -0.15) is 0 Å². The molecular formula is C17H27NO6. The number of allylic oxidation sites excluding steroid dienone is 3. The highest BCUT2D eigenvalue weighted by atomic mass is 16.5. The first-order valence-electron chi connectivity index (χ1n) is 8.04. The first-order valence-corrected chi connectivity index (χ1v) is 8.04. The van der Waals surface area contributed by atoms with Crippen molar-refractivity contribution in [2.24, 2.45) is 0 Å². The van der Waals surface area contributed by atoms with Crippen LogP contribution >= 0.6 is 0 Å². The summed E-state index contributed by atoms with van der Waals surface area (Å²) in [6.45, 7) is 3.47. The summed E-state index contributed by atoms with van der Waals surface area (Å²) in [5, 5.41) is 8.34. The summed E-state index contributed by atoms with van der Waals surface area (Å²) in [4.78, 5) is 33.8. The Balaban J connectivity index is 4.10. The Hall–Kier alpha value is -2.15. The molecule has 0 spiro atoms. The van der Waals surface area contributed by atoms with E-state index in [0.717, 1.165) is 12.8 Å². The van der Waals surface area contributed by atoms with E-state index in [1.807, 2.05) is 6.92 Å². The molecular weight excluding hydrogens is 314 g/mol. The lowest BCUT2D eigenvalue weighted by Crippen LogP contribution is -2.17. The second kappa shape index (κ2) is 13.3. The van der Waals surface area contributed by atoms with Gasteiger partial charge in [-0.1, -0.05) is 19.8 Å². The minimum absolute atomic E-state index is 0.273. The van der Waals surface area contributed by atoms with Gasteiger partial charge in [0.1, 0.15) is 5.76 Å². The Labute approximate surface area is 142 Å². The maximum Gasteiger partial charge on any atom is 0.333 e. The van der Waals surface area contributed by atoms with Gasteiger partial charge in [0.15, 0.2) is 0 Å². The van der Waals surface area contributed by atoms with Gasteiger partial charge in [-0.3, -0.25) is 14.8 Å². The molecule has 0 saturated heterocycles. The summed E-state index contributed by atoms with van der Waals surface area (Å²) < 4.78 is 9.84. The van der Waals surface area contributed by atoms with Gasteiger partial charge in [-0.15, -0.1) is 0 Å². The van der Waals surface area contributed by atoms with Crippen LogP contribution in [0, 0.1) is 0 Å². The number of methoxy groups -OCH3 is 1. The van der Waals surface area contributed by atoms with Crippen LogP contribution in [-0.2, 0) is 23.9 Å². The highest BCUT2D eigenvalue weighted by Crippen LogP contribution is 2.10. The molecule has 0 aliphatic carbocycles. The molecule has 0 aliphatic heterocycles. The van der Waals surface area contributed by atoms with E-state index in [1.165, 1.54) is 7.11 Å². The fraction of sp³-hybridized carbons (Fsp3) is 0.588. The van der Waals surface area contributed by atoms with Crippen molar-refractivity contribution in [1.82, 2.24) is 5.48 Å². The molecule has 1 amide bonds. The van der Waals surface area contributed by atoms with Gasteiger partial charge < -0.3 is 9.47 Å². The molecule has 0 heterocycles. The molecule has 136 valence electrons. The molecule has 0 unspecified atom stereocenters. The van der Waals surface area contributed by atoms with Gasteiger partial charge in [0, 0.05) is 24.8 Å². The van der Waals surface area contributed by atoms with Crippen LogP contribution in [0.1, 0.15) is 58.8 Å². The molecule has 0 rings (SSSR count). The van der Waals surface area contributed by atoms with E-state index in [4.69, 9.17) is 9.94 Å². The number of hydrogen-bond acceptors (Lipinski definition) is 6. The summed E-state index contributed by atoms with van der Waals surface area (Å²) in [6.07, 6.45) is 7.21. The molecule has 0 saturated carbocycles. The Morgan fingerprint density at radius 3 is 2.21 bits per heavy atom. The molecule has 0 aromatic carbocycles. The lowest BCUT2D eigenvalue weighted by Gasteiger charge is -2.06. The molecule has 0 bridgehead atoms. The maximum absolute atomic E-state index is 11.8. The summed E-state index contributed by atoms with van der Waals surface area (Å²) in [7, 11) is 1.31. The molecule has 0 radical (unpaired) electrons. The lowest BCUT2D eigenvalue weighted by molar-refractivity contribution is -0.140. The number of rotatable bonds is 11. The Morgan fingerprint density at radius 1 is 1.04 bits per heavy atom. The average molecular weight is 341 g/mol. The average Bonchev–Trinajstić information content (AvgIpc) is 2.59. The fourth-order valence-electron chi connectivity index (χ4n) is 1.83. The number of carbonyl (C=O) groups is 3. The lowest BCUT2D eigenvalue weighted by atomic mass is 10.1. The predicted octanol–water partition coefficient (Wildman–Crippen LogP) is 2.79. The summed E-state index contributed by atoms with van der Waals surface area (Å²) in [6, 6.07) is 0. The van der Waals surface area contributed by atoms with Crippen molar-refractivity contribution in [3.63, 3.8) is 0 Å². The van der Waals surface area contributed by atoms with Crippen LogP contribution in [0.5, 0.6) is 0 Å². The molecule has 2 N–H and O–H groups in total. The minimum atomic E-state index is -0.428. The number of hydroxylamine groups is 1. The first-order chi connectivity index (χ1) is 11.4. The van der Waals surface area contributed by atoms with Crippen molar-refractivity contribution in [2.75, 3.05) is 7.11 Å². The first kappa shape index (κ1) is 21.9. The van der Waals surface area contributed by atoms with Crippen LogP contribution in [0.25, 0.3) is 0 Å². The van der Waals surface area contributed by atoms with Gasteiger partial charge in [0.05, 0.1) is 7.11 Å². The molecule has 7 nitrogen and oxygen atoms in total. The summed E-state index contributed by atoms with van der Waals surface area (Å²) in [5.41, 5.74) is 2.00. The van der Waals surface area contributed by atoms with E-state index >= 15 is 0 Å². The van der Waals surface area contributed by atoms with Gasteiger partial charge in [0.25, 0.3) is 0 Å². The third kappa shape index (κ3) is 10.6. The summed E-state index contributed by atoms with van der Waals surface area (Å²) in [5.74, 6) is -0.659. The van der Waals surface area contributed by atoms with Crippen LogP contribution in [0.2, 0.25) is 0 Å². The number of esters is 2. The van der Waals surface area contributed by atoms with Gasteiger partial charge >= 0.3 is 11.9 Å². The van der Waals surface area contributed by atoms with Gasteiger partial charge in [0.2, 0.25) is 5.91 Å². The van der Waals surface area contributed by atoms with E-state index in [2.05, 4.69) is 4.74 Å². The van der Waals surface area contributed by atoms with Crippen molar-refractivity contribution in [2.45, 2.75) is 58.8 Å². The molecule has 0 aromatic rings. The van der Waals surface area contributed by atoms with E-state index in [0.29, 0.717) is 37.0 Å². The predicted molar refractivity (Wildman–Crippen MR) is 87.9 cm³/mol. The molecule has 0 aromatic heterocycles. The van der Waals surface area contributed by atoms with E-state index < -0.39 is 11.9 Å². The highest BCUT2D eigenvalue weighted by molar-refractivity contribution is 5.87. The number of nitrogens with one attached hydrogen (secondary N) is 1. The number of hydrogen-bond donors (Lipinski definition) is 2. The van der Waals surface area contributed by atoms with Gasteiger partial charge in [-0.05, 0) is 31.9 Å². The molecule has 0 atom stereocenters. The number of ether oxygens (including phenoxy) is 2. The summed E-state index contributed by atoms with van der Waals surface area (Å²) >= 11 is 0. The van der Waals surface area contributed by atoms with Crippen molar-refractivity contribution >= 4 is 17.8 Å². The zero-order chi connectivity index (χ0) is 18.4. The molecule has 24 heavy (non-hydrogen) atoms. The third-order valence-corrected chi connectivity index (χ3v) is 3.28. The van der Waals surface area contributed by atoms with Crippen LogP contribution in [0.15, 0.2) is 23.5 Å². The fourth-order valence-corrected chi connectivity index (χ4v) is 1.83. The second-order valence-corrected chi connectivity index (χ2v) is 5.25. The van der Waals surface area contributed by atoms with E-state index in [1.54, 1.807) is 24.6 Å². The largest absolute Gasteiger partial charge is 0.466 e. The number of unbranched alkanes of at least 4 members (excludes halogenated alkanes) is 3. The highest BCUT2D eigenvalue weighted by Gasteiger charge is 2.07. The van der Waals surface area contributed by atoms with Crippen molar-refractivity contribution < 1.29 is 29.1 Å². The quantitative estimate of drug-likeness (QED) is 0.114. The van der Waals surface area contributed by atoms with Crippen LogP contribution in [0.3, 0.4) is 0 Å². The van der Waals surface area contributed by atoms with Crippen molar-refractivity contribution in [3.8, 4) is 0 Å². The zero-order valence-corrected chi connectivity index (χ0v) is 14.6. The van der Waals surface area contributed by atoms with Crippen LogP contribution in [-0.4, -0.2) is 30.2 Å². The smallest absolute Gasteiger partial charge is 0.333 e. The second-order valence-electron chi connectivity index (χ2n) is 5.25. The Kier molecular flexibility index (Phi) is 12.1. The number of amides is 1. The van der Waals surface area contributed by atoms with E-state index in [9.17, 15) is 14.4 Å². The SMILES string of the molecule is CCC(=CC=C(C)C(=O)OC)OC(=O)CCCCCCC(=O)NO. The number of carbonyl (C=O) groups excluding carboxylic acids is 3. The normalized spacial score (nSPS) is 11.8. The zero-order valence-electron chi connectivity index (χ0n) is 14.6. The Morgan fingerprint density at radius 2 is 1.67 bits per heavy atom. The van der Waals surface area contributed by atoms with Crippen molar-refractivity contribution in [3.05, 3.63) is 23.5 Å². The molecule has 7 heteroatoms. The minimum Gasteiger partial charge on any atom is -0.466 e. The molecule has 0 fully saturated rings. The Bertz CT molecular complexity index is 481. The van der Waals surface area contributed by atoms with Crippen LogP contribution in [0.4, 0.5) is 0 Å². The van der Waals surface area contributed by atoms with Crippen LogP contribution < -0.4 is 5.48 Å². The maximum atomic E-state index is 11.8. The van der Waals surface area contributed by atoms with Crippen molar-refractivity contribution in [1.29, 1.82) is 0 Å².